The first-order valence-electron chi connectivity index (χ1n) is 30.9. The van der Waals surface area contributed by atoms with E-state index in [9.17, 15) is 30.6 Å². The van der Waals surface area contributed by atoms with E-state index in [1.807, 2.05) is 35.6 Å². The molecule has 0 spiro atoms. The lowest BCUT2D eigenvalue weighted by Crippen LogP contribution is -2.30. The van der Waals surface area contributed by atoms with Crippen molar-refractivity contribution >= 4 is 143 Å². The number of nitriles is 4. The highest BCUT2D eigenvalue weighted by Crippen LogP contribution is 2.68. The van der Waals surface area contributed by atoms with Crippen LogP contribution in [0.2, 0.25) is 0 Å². The van der Waals surface area contributed by atoms with E-state index in [1.165, 1.54) is 126 Å². The van der Waals surface area contributed by atoms with Gasteiger partial charge in [-0.25, -0.2) is 19.9 Å². The van der Waals surface area contributed by atoms with Crippen LogP contribution in [0.3, 0.4) is 0 Å². The lowest BCUT2D eigenvalue weighted by atomic mass is 9.65. The minimum Gasteiger partial charge on any atom is -0.289 e. The molecule has 14 aromatic rings. The van der Waals surface area contributed by atoms with Gasteiger partial charge in [0, 0.05) is 53.4 Å². The summed E-state index contributed by atoms with van der Waals surface area (Å²) in [5.41, 5.74) is 18.0. The van der Waals surface area contributed by atoms with Crippen LogP contribution in [-0.2, 0) is 10.8 Å². The number of aryl methyl sites for hydroxylation is 4. The van der Waals surface area contributed by atoms with Gasteiger partial charge in [0.25, 0.3) is 0 Å². The number of rotatable bonds is 8. The van der Waals surface area contributed by atoms with Crippen LogP contribution in [0.15, 0.2) is 192 Å². The molecule has 18 rings (SSSR count). The third kappa shape index (κ3) is 8.51. The van der Waals surface area contributed by atoms with Crippen molar-refractivity contribution in [1.29, 1.82) is 21.0 Å². The number of ketones is 2. The van der Waals surface area contributed by atoms with Gasteiger partial charge in [-0.3, -0.25) is 9.59 Å². The Balaban J connectivity index is 0.815. The van der Waals surface area contributed by atoms with Gasteiger partial charge in [-0.15, -0.1) is 34.0 Å². The largest absolute Gasteiger partial charge is 0.289 e. The summed E-state index contributed by atoms with van der Waals surface area (Å²) < 4.78 is 2.36. The number of Topliss-reactive ketones (excluding diaryl/α,β-unsaturated/α-hetero) is 2. The van der Waals surface area contributed by atoms with E-state index in [-0.39, 0.29) is 33.9 Å². The van der Waals surface area contributed by atoms with Crippen LogP contribution in [0.4, 0.5) is 0 Å². The highest BCUT2D eigenvalue weighted by Gasteiger charge is 2.54. The molecule has 0 bridgehead atoms. The Labute approximate surface area is 583 Å². The van der Waals surface area contributed by atoms with Gasteiger partial charge < -0.3 is 0 Å². The number of hydrogen-bond donors (Lipinski definition) is 0. The summed E-state index contributed by atoms with van der Waals surface area (Å²) in [7, 11) is 0. The van der Waals surface area contributed by atoms with Crippen molar-refractivity contribution in [2.24, 2.45) is 0 Å². The molecule has 10 nitrogen and oxygen atoms in total. The van der Waals surface area contributed by atoms with Crippen molar-refractivity contribution in [3.8, 4) is 64.9 Å². The van der Waals surface area contributed by atoms with Crippen molar-refractivity contribution in [3.05, 3.63) is 291 Å². The average molecular weight is 1370 g/mol. The zero-order chi connectivity index (χ0) is 65.9. The molecule has 7 heterocycles. The maximum Gasteiger partial charge on any atom is 0.194 e. The number of nitrogens with zero attached hydrogens (tertiary/aromatic N) is 8. The minimum absolute atomic E-state index is 0.119. The molecule has 0 N–H and O–H groups in total. The fourth-order valence-electron chi connectivity index (χ4n) is 14.7. The van der Waals surface area contributed by atoms with Crippen LogP contribution in [0, 0.1) is 73.0 Å². The second-order valence-electron chi connectivity index (χ2n) is 24.5. The van der Waals surface area contributed by atoms with Crippen LogP contribution < -0.4 is 0 Å². The first-order valence-corrected chi connectivity index (χ1v) is 36.6. The predicted molar refractivity (Wildman–Crippen MR) is 393 cm³/mol. The summed E-state index contributed by atoms with van der Waals surface area (Å²) in [6, 6.07) is 68.3. The number of fused-ring (bicyclic) bond motifs is 12. The van der Waals surface area contributed by atoms with Gasteiger partial charge in [0.1, 0.15) is 55.5 Å². The Hall–Kier alpha value is -10.8. The molecular weight excluding hydrogens is 1330 g/mol. The number of carbonyl (C=O) groups is 2. The molecule has 7 aromatic carbocycles. The van der Waals surface area contributed by atoms with Gasteiger partial charge in [0.2, 0.25) is 0 Å². The molecule has 0 aliphatic heterocycles. The molecule has 4 aliphatic rings. The maximum absolute atomic E-state index is 13.9. The third-order valence-electron chi connectivity index (χ3n) is 19.1. The molecule has 0 unspecified atom stereocenters. The second-order valence-corrected chi connectivity index (χ2v) is 31.7. The molecule has 0 fully saturated rings. The Bertz CT molecular complexity index is 6010. The Morgan fingerprint density at radius 3 is 1.22 bits per heavy atom. The number of carbonyl (C=O) groups excluding carboxylic acids is 2. The van der Waals surface area contributed by atoms with Crippen LogP contribution in [0.1, 0.15) is 109 Å². The first-order chi connectivity index (χ1) is 47.3. The summed E-state index contributed by atoms with van der Waals surface area (Å²) >= 11 is 11.2. The molecule has 7 aromatic heterocycles. The average Bonchev–Trinajstić information content (AvgIpc) is 1.50. The molecule has 97 heavy (non-hydrogen) atoms. The monoisotopic (exact) mass is 1370 g/mol. The van der Waals surface area contributed by atoms with Crippen molar-refractivity contribution < 1.29 is 9.59 Å². The van der Waals surface area contributed by atoms with Gasteiger partial charge in [0.15, 0.2) is 30.9 Å². The lowest BCUT2D eigenvalue weighted by Gasteiger charge is -2.35. The van der Waals surface area contributed by atoms with E-state index in [2.05, 4.69) is 149 Å². The zero-order valence-electron chi connectivity index (χ0n) is 51.6. The van der Waals surface area contributed by atoms with Gasteiger partial charge in [0.05, 0.1) is 25.3 Å². The highest BCUT2D eigenvalue weighted by atomic mass is 32.1. The topological polar surface area (TPSA) is 181 Å². The molecule has 17 heteroatoms. The summed E-state index contributed by atoms with van der Waals surface area (Å²) in [5.74, 6) is -0.501. The maximum atomic E-state index is 13.9. The van der Waals surface area contributed by atoms with Gasteiger partial charge >= 0.3 is 0 Å². The van der Waals surface area contributed by atoms with Gasteiger partial charge in [-0.05, 0) is 125 Å². The minimum atomic E-state index is -0.777. The molecule has 456 valence electrons. The number of aromatic nitrogens is 4. The quantitative estimate of drug-likeness (QED) is 0.105. The molecular formula is C80H42N8O2S7. The lowest BCUT2D eigenvalue weighted by molar-refractivity contribution is 0.103. The second kappa shape index (κ2) is 21.9. The third-order valence-corrected chi connectivity index (χ3v) is 27.0. The fraction of sp³-hybridized carbons (Fsp3) is 0.0750. The smallest absolute Gasteiger partial charge is 0.194 e. The van der Waals surface area contributed by atoms with Crippen LogP contribution in [0.5, 0.6) is 0 Å². The summed E-state index contributed by atoms with van der Waals surface area (Å²) in [4.78, 5) is 55.8. The predicted octanol–water partition coefficient (Wildman–Crippen LogP) is 20.6. The Morgan fingerprint density at radius 2 is 0.784 bits per heavy atom. The fourth-order valence-corrected chi connectivity index (χ4v) is 22.8. The van der Waals surface area contributed by atoms with Crippen molar-refractivity contribution in [3.63, 3.8) is 0 Å². The molecule has 4 aliphatic carbocycles. The molecule has 0 saturated carbocycles. The van der Waals surface area contributed by atoms with Crippen LogP contribution in [0.25, 0.3) is 92.7 Å². The van der Waals surface area contributed by atoms with E-state index >= 15 is 0 Å². The van der Waals surface area contributed by atoms with Crippen molar-refractivity contribution in [2.75, 3.05) is 0 Å². The Morgan fingerprint density at radius 1 is 0.392 bits per heavy atom. The first kappa shape index (κ1) is 58.8. The standard InChI is InChI=1S/C80H42N8O2S7/c1-39-13-21-45(22-14-39)79(46-23-15-40(2)16-24-46)57-30-54-58(29-53(57)70-59(79)33-61(92-70)73-87-77-75(96-73)85-63(94-77)31-55-65(43(35-81)36-82)49-9-5-7-11-51(49)68(55)89)80(47-25-17-41(3)18-26-47,48-27-19-42(4)20-28-48)67-71(54)91-60-34-62(93-72(60)67)74-88-78-76(97-74)86-64(95-78)32-56-66(44(37-83)38-84)50-10-6-8-12-52(50)69(56)90/h5-34H,1-4H3/b55-31-,56-32-. The normalized spacial score (nSPS) is 15.2. The van der Waals surface area contributed by atoms with Crippen LogP contribution >= 0.6 is 79.4 Å². The number of hydrogen-bond acceptors (Lipinski definition) is 17. The zero-order valence-corrected chi connectivity index (χ0v) is 57.3. The van der Waals surface area contributed by atoms with Gasteiger partial charge in [-0.2, -0.15) is 21.0 Å². The van der Waals surface area contributed by atoms with Crippen molar-refractivity contribution in [1.82, 2.24) is 19.9 Å². The highest BCUT2D eigenvalue weighted by molar-refractivity contribution is 7.34. The summed E-state index contributed by atoms with van der Waals surface area (Å²) in [5, 5.41) is 42.9. The molecule has 0 amide bonds. The van der Waals surface area contributed by atoms with E-state index in [0.29, 0.717) is 43.4 Å². The number of thiophene rings is 3. The van der Waals surface area contributed by atoms with E-state index < -0.39 is 10.8 Å². The summed E-state index contributed by atoms with van der Waals surface area (Å²) in [6.45, 7) is 8.57. The Kier molecular flexibility index (Phi) is 13.2. The molecule has 0 saturated heterocycles. The number of allylic oxidation sites excluding steroid dienone is 6. The number of thiazole rings is 4. The van der Waals surface area contributed by atoms with Crippen molar-refractivity contribution in [2.45, 2.75) is 38.5 Å². The van der Waals surface area contributed by atoms with E-state index in [1.54, 1.807) is 83.4 Å². The van der Waals surface area contributed by atoms with Gasteiger partial charge in [-0.1, -0.05) is 213 Å². The number of benzene rings is 7. The molecule has 0 atom stereocenters. The SMILES string of the molecule is Cc1ccc(C2(c3ccc(C)cc3)c3cc4c(cc3-c3sc(-c5nc6sc(/C=C7\C(=O)c8ccccc8C7=C(C#N)C#N)nc6s5)cc32)C(c2ccc(C)cc2)(c2ccc(C)cc2)c2c-4sc3cc(-c4nc5sc(/C=C6\C(=O)c7ccccc7C6=C(C#N)C#N)nc5s4)sc23)cc1. The molecule has 0 radical (unpaired) electrons. The summed E-state index contributed by atoms with van der Waals surface area (Å²) in [6.07, 6.45) is 3.40. The van der Waals surface area contributed by atoms with E-state index in [4.69, 9.17) is 19.9 Å². The van der Waals surface area contributed by atoms with E-state index in [0.717, 1.165) is 55.8 Å². The van der Waals surface area contributed by atoms with Crippen LogP contribution in [-0.4, -0.2) is 31.5 Å².